The van der Waals surface area contributed by atoms with E-state index in [0.29, 0.717) is 18.9 Å². The SMILES string of the molecule is CCOc1cccc(S(=O)(=O)c2cnc(Nc3cc(N[C@@H]4CCNC4)nc(C(F)(F)F)n3)s2)c1. The molecule has 0 amide bonds. The lowest BCUT2D eigenvalue weighted by Gasteiger charge is -2.15. The van der Waals surface area contributed by atoms with Crippen LogP contribution in [0.3, 0.4) is 0 Å². The number of anilines is 3. The number of nitrogens with zero attached hydrogens (tertiary/aromatic N) is 3. The second kappa shape index (κ2) is 9.72. The van der Waals surface area contributed by atoms with Crippen LogP contribution in [0.5, 0.6) is 5.75 Å². The first kappa shape index (κ1) is 24.2. The average Bonchev–Trinajstić information content (AvgIpc) is 3.46. The Balaban J connectivity index is 1.59. The van der Waals surface area contributed by atoms with Gasteiger partial charge < -0.3 is 20.7 Å². The van der Waals surface area contributed by atoms with Crippen molar-refractivity contribution in [2.45, 2.75) is 34.7 Å². The summed E-state index contributed by atoms with van der Waals surface area (Å²) >= 11 is 0.778. The quantitative estimate of drug-likeness (QED) is 0.414. The standard InChI is InChI=1S/C20H21F3N6O3S2/c1-2-32-13-4-3-5-14(8-13)34(30,31)17-11-25-19(33-17)29-16-9-15(26-12-6-7-24-10-12)27-18(28-16)20(21,22)23/h3-5,8-9,11-12,24H,2,6-7,10H2,1H3,(H2,25,26,27,28,29)/t12-/m1/s1. The highest BCUT2D eigenvalue weighted by molar-refractivity contribution is 7.93. The molecule has 1 aliphatic rings. The van der Waals surface area contributed by atoms with Crippen molar-refractivity contribution in [1.29, 1.82) is 0 Å². The second-order valence-corrected chi connectivity index (χ2v) is 10.5. The van der Waals surface area contributed by atoms with Gasteiger partial charge in [-0.25, -0.2) is 23.4 Å². The maximum atomic E-state index is 13.3. The zero-order valence-electron chi connectivity index (χ0n) is 17.9. The molecule has 0 unspecified atom stereocenters. The lowest BCUT2D eigenvalue weighted by atomic mass is 10.2. The highest BCUT2D eigenvalue weighted by Gasteiger charge is 2.36. The molecule has 3 heterocycles. The smallest absolute Gasteiger partial charge is 0.451 e. The van der Waals surface area contributed by atoms with Crippen molar-refractivity contribution in [3.63, 3.8) is 0 Å². The molecule has 4 rings (SSSR count). The van der Waals surface area contributed by atoms with Gasteiger partial charge in [0.05, 0.1) is 17.7 Å². The Morgan fingerprint density at radius 3 is 2.74 bits per heavy atom. The molecule has 1 fully saturated rings. The van der Waals surface area contributed by atoms with E-state index in [2.05, 4.69) is 30.9 Å². The van der Waals surface area contributed by atoms with Crippen LogP contribution < -0.4 is 20.7 Å². The number of rotatable bonds is 8. The van der Waals surface area contributed by atoms with Crippen LogP contribution in [-0.4, -0.2) is 49.1 Å². The summed E-state index contributed by atoms with van der Waals surface area (Å²) in [6.07, 6.45) is -2.87. The van der Waals surface area contributed by atoms with Crippen molar-refractivity contribution in [2.75, 3.05) is 30.3 Å². The summed E-state index contributed by atoms with van der Waals surface area (Å²) in [7, 11) is -3.90. The number of hydrogen-bond donors (Lipinski definition) is 3. The second-order valence-electron chi connectivity index (χ2n) is 7.31. The first-order valence-corrected chi connectivity index (χ1v) is 12.6. The van der Waals surface area contributed by atoms with E-state index >= 15 is 0 Å². The molecule has 1 aliphatic heterocycles. The summed E-state index contributed by atoms with van der Waals surface area (Å²) in [5.74, 6) is -1.06. The number of nitrogens with one attached hydrogen (secondary N) is 3. The Labute approximate surface area is 197 Å². The Kier molecular flexibility index (Phi) is 6.91. The minimum Gasteiger partial charge on any atom is -0.494 e. The van der Waals surface area contributed by atoms with Gasteiger partial charge in [0.1, 0.15) is 21.6 Å². The molecule has 0 bridgehead atoms. The van der Waals surface area contributed by atoms with Crippen LogP contribution in [0.25, 0.3) is 0 Å². The summed E-state index contributed by atoms with van der Waals surface area (Å²) in [4.78, 5) is 11.1. The summed E-state index contributed by atoms with van der Waals surface area (Å²) in [6, 6.07) is 7.30. The number of halogens is 3. The largest absolute Gasteiger partial charge is 0.494 e. The van der Waals surface area contributed by atoms with Gasteiger partial charge in [0, 0.05) is 18.7 Å². The molecule has 0 saturated carbocycles. The number of aromatic nitrogens is 3. The summed E-state index contributed by atoms with van der Waals surface area (Å²) in [6.45, 7) is 3.52. The Bertz CT molecular complexity index is 1260. The van der Waals surface area contributed by atoms with Crippen molar-refractivity contribution < 1.29 is 26.3 Å². The molecule has 1 atom stereocenters. The molecule has 0 spiro atoms. The molecule has 3 N–H and O–H groups in total. The highest BCUT2D eigenvalue weighted by atomic mass is 32.2. The molecular formula is C20H21F3N6O3S2. The van der Waals surface area contributed by atoms with Crippen molar-refractivity contribution in [2.24, 2.45) is 0 Å². The maximum Gasteiger partial charge on any atom is 0.451 e. The fraction of sp³-hybridized carbons (Fsp3) is 0.350. The monoisotopic (exact) mass is 514 g/mol. The number of ether oxygens (including phenoxy) is 1. The van der Waals surface area contributed by atoms with Gasteiger partial charge in [0.15, 0.2) is 5.13 Å². The van der Waals surface area contributed by atoms with Gasteiger partial charge in [-0.15, -0.1) is 0 Å². The molecule has 3 aromatic rings. The van der Waals surface area contributed by atoms with Gasteiger partial charge in [-0.3, -0.25) is 0 Å². The van der Waals surface area contributed by atoms with Gasteiger partial charge in [0.2, 0.25) is 15.7 Å². The first-order valence-electron chi connectivity index (χ1n) is 10.3. The molecule has 0 aliphatic carbocycles. The van der Waals surface area contributed by atoms with Crippen LogP contribution in [-0.2, 0) is 16.0 Å². The van der Waals surface area contributed by atoms with Crippen LogP contribution >= 0.6 is 11.3 Å². The molecule has 2 aromatic heterocycles. The third-order valence-electron chi connectivity index (χ3n) is 4.80. The Morgan fingerprint density at radius 1 is 1.24 bits per heavy atom. The maximum absolute atomic E-state index is 13.3. The summed E-state index contributed by atoms with van der Waals surface area (Å²) in [5, 5.41) is 8.82. The summed E-state index contributed by atoms with van der Waals surface area (Å²) < 4.78 is 71.3. The molecular weight excluding hydrogens is 493 g/mol. The fourth-order valence-corrected chi connectivity index (χ4v) is 5.74. The van der Waals surface area contributed by atoms with Crippen molar-refractivity contribution in [3.8, 4) is 5.75 Å². The van der Waals surface area contributed by atoms with E-state index in [-0.39, 0.29) is 31.9 Å². The normalized spacial score (nSPS) is 16.4. The number of thiazole rings is 1. The first-order chi connectivity index (χ1) is 16.1. The molecule has 14 heteroatoms. The third-order valence-corrected chi connectivity index (χ3v) is 7.93. The minimum atomic E-state index is -4.76. The summed E-state index contributed by atoms with van der Waals surface area (Å²) in [5.41, 5.74) is 0. The molecule has 9 nitrogen and oxygen atoms in total. The molecule has 1 saturated heterocycles. The van der Waals surface area contributed by atoms with E-state index in [1.807, 2.05) is 0 Å². The van der Waals surface area contributed by atoms with E-state index in [0.717, 1.165) is 30.5 Å². The average molecular weight is 515 g/mol. The lowest BCUT2D eigenvalue weighted by molar-refractivity contribution is -0.144. The lowest BCUT2D eigenvalue weighted by Crippen LogP contribution is -2.24. The van der Waals surface area contributed by atoms with Crippen molar-refractivity contribution in [1.82, 2.24) is 20.3 Å². The van der Waals surface area contributed by atoms with Crippen LogP contribution in [0.1, 0.15) is 19.2 Å². The van der Waals surface area contributed by atoms with Gasteiger partial charge in [-0.1, -0.05) is 17.4 Å². The topological polar surface area (TPSA) is 118 Å². The predicted octanol–water partition coefficient (Wildman–Crippen LogP) is 3.70. The zero-order valence-corrected chi connectivity index (χ0v) is 19.5. The Hall–Kier alpha value is -2.97. The van der Waals surface area contributed by atoms with Crippen LogP contribution in [0.2, 0.25) is 0 Å². The highest BCUT2D eigenvalue weighted by Crippen LogP contribution is 2.33. The van der Waals surface area contributed by atoms with E-state index in [4.69, 9.17) is 4.74 Å². The van der Waals surface area contributed by atoms with Crippen molar-refractivity contribution >= 4 is 37.9 Å². The Morgan fingerprint density at radius 2 is 2.03 bits per heavy atom. The molecule has 0 radical (unpaired) electrons. The number of alkyl halides is 3. The van der Waals surface area contributed by atoms with Crippen molar-refractivity contribution in [3.05, 3.63) is 42.4 Å². The third kappa shape index (κ3) is 5.56. The van der Waals surface area contributed by atoms with Crippen LogP contribution in [0, 0.1) is 0 Å². The van der Waals surface area contributed by atoms with Gasteiger partial charge in [-0.2, -0.15) is 13.2 Å². The van der Waals surface area contributed by atoms with Crippen LogP contribution in [0.15, 0.2) is 45.6 Å². The van der Waals surface area contributed by atoms with Gasteiger partial charge in [0.25, 0.3) is 0 Å². The molecule has 1 aromatic carbocycles. The molecule has 34 heavy (non-hydrogen) atoms. The van der Waals surface area contributed by atoms with Gasteiger partial charge >= 0.3 is 6.18 Å². The van der Waals surface area contributed by atoms with E-state index in [9.17, 15) is 21.6 Å². The fourth-order valence-electron chi connectivity index (χ4n) is 3.26. The van der Waals surface area contributed by atoms with E-state index < -0.39 is 21.8 Å². The zero-order chi connectivity index (χ0) is 24.3. The van der Waals surface area contributed by atoms with E-state index in [1.165, 1.54) is 18.2 Å². The van der Waals surface area contributed by atoms with Crippen LogP contribution in [0.4, 0.5) is 29.9 Å². The number of hydrogen-bond acceptors (Lipinski definition) is 10. The van der Waals surface area contributed by atoms with Gasteiger partial charge in [-0.05, 0) is 38.1 Å². The predicted molar refractivity (Wildman–Crippen MR) is 120 cm³/mol. The number of benzene rings is 1. The minimum absolute atomic E-state index is 0.00988. The molecule has 182 valence electrons. The van der Waals surface area contributed by atoms with E-state index in [1.54, 1.807) is 19.1 Å². The number of sulfone groups is 1.